The van der Waals surface area contributed by atoms with Gasteiger partial charge in [-0.3, -0.25) is 0 Å². The molecule has 0 bridgehead atoms. The average Bonchev–Trinajstić information content (AvgIpc) is 2.19. The Labute approximate surface area is 87.4 Å². The predicted molar refractivity (Wildman–Crippen MR) is 58.3 cm³/mol. The SMILES string of the molecule is CC1CCC(C2CNCC(C)O2)CC1. The van der Waals surface area contributed by atoms with Crippen LogP contribution in [0.15, 0.2) is 0 Å². The summed E-state index contributed by atoms with van der Waals surface area (Å²) < 4.78 is 6.00. The van der Waals surface area contributed by atoms with Crippen LogP contribution in [-0.4, -0.2) is 25.3 Å². The van der Waals surface area contributed by atoms with Gasteiger partial charge in [-0.1, -0.05) is 19.8 Å². The Kier molecular flexibility index (Phi) is 3.45. The molecule has 1 N–H and O–H groups in total. The third kappa shape index (κ3) is 2.48. The lowest BCUT2D eigenvalue weighted by Crippen LogP contribution is -2.47. The van der Waals surface area contributed by atoms with E-state index in [0.717, 1.165) is 24.9 Å². The van der Waals surface area contributed by atoms with E-state index in [1.165, 1.54) is 25.7 Å². The molecule has 0 aromatic heterocycles. The van der Waals surface area contributed by atoms with Crippen LogP contribution in [0.5, 0.6) is 0 Å². The zero-order valence-electron chi connectivity index (χ0n) is 9.46. The lowest BCUT2D eigenvalue weighted by Gasteiger charge is -2.37. The van der Waals surface area contributed by atoms with Crippen LogP contribution in [0.2, 0.25) is 0 Å². The van der Waals surface area contributed by atoms with E-state index in [4.69, 9.17) is 4.74 Å². The number of nitrogens with one attached hydrogen (secondary N) is 1. The van der Waals surface area contributed by atoms with Crippen LogP contribution in [0.3, 0.4) is 0 Å². The Morgan fingerprint density at radius 1 is 1.00 bits per heavy atom. The fourth-order valence-corrected chi connectivity index (χ4v) is 2.76. The molecular weight excluding hydrogens is 174 g/mol. The second kappa shape index (κ2) is 4.63. The molecule has 1 aliphatic heterocycles. The molecule has 1 heterocycles. The smallest absolute Gasteiger partial charge is 0.0731 e. The molecule has 0 amide bonds. The molecule has 1 saturated heterocycles. The van der Waals surface area contributed by atoms with Gasteiger partial charge in [0.1, 0.15) is 0 Å². The van der Waals surface area contributed by atoms with Crippen molar-refractivity contribution in [3.63, 3.8) is 0 Å². The van der Waals surface area contributed by atoms with Crippen LogP contribution in [0.1, 0.15) is 39.5 Å². The van der Waals surface area contributed by atoms with Gasteiger partial charge in [-0.05, 0) is 31.6 Å². The van der Waals surface area contributed by atoms with Gasteiger partial charge in [0.15, 0.2) is 0 Å². The second-order valence-corrected chi connectivity index (χ2v) is 5.16. The van der Waals surface area contributed by atoms with Gasteiger partial charge in [-0.2, -0.15) is 0 Å². The fourth-order valence-electron chi connectivity index (χ4n) is 2.76. The predicted octanol–water partition coefficient (Wildman–Crippen LogP) is 2.19. The van der Waals surface area contributed by atoms with E-state index in [-0.39, 0.29) is 0 Å². The van der Waals surface area contributed by atoms with Crippen LogP contribution < -0.4 is 5.32 Å². The lowest BCUT2D eigenvalue weighted by atomic mass is 9.80. The van der Waals surface area contributed by atoms with Crippen molar-refractivity contribution in [1.82, 2.24) is 5.32 Å². The summed E-state index contributed by atoms with van der Waals surface area (Å²) in [4.78, 5) is 0. The zero-order chi connectivity index (χ0) is 9.97. The molecule has 1 saturated carbocycles. The summed E-state index contributed by atoms with van der Waals surface area (Å²) in [6.45, 7) is 6.65. The van der Waals surface area contributed by atoms with Gasteiger partial charge in [0.25, 0.3) is 0 Å². The molecule has 2 rings (SSSR count). The highest BCUT2D eigenvalue weighted by Crippen LogP contribution is 2.32. The number of morpholine rings is 1. The van der Waals surface area contributed by atoms with Crippen LogP contribution in [0.25, 0.3) is 0 Å². The fraction of sp³-hybridized carbons (Fsp3) is 1.00. The first-order chi connectivity index (χ1) is 6.75. The summed E-state index contributed by atoms with van der Waals surface area (Å²) in [5.41, 5.74) is 0. The van der Waals surface area contributed by atoms with Crippen molar-refractivity contribution in [2.24, 2.45) is 11.8 Å². The van der Waals surface area contributed by atoms with Crippen molar-refractivity contribution in [3.05, 3.63) is 0 Å². The molecule has 2 heteroatoms. The highest BCUT2D eigenvalue weighted by molar-refractivity contribution is 4.82. The van der Waals surface area contributed by atoms with E-state index in [1.54, 1.807) is 0 Å². The second-order valence-electron chi connectivity index (χ2n) is 5.16. The molecule has 2 atom stereocenters. The molecule has 2 unspecified atom stereocenters. The largest absolute Gasteiger partial charge is 0.372 e. The van der Waals surface area contributed by atoms with Crippen LogP contribution >= 0.6 is 0 Å². The maximum atomic E-state index is 6.00. The minimum absolute atomic E-state index is 0.410. The van der Waals surface area contributed by atoms with Gasteiger partial charge >= 0.3 is 0 Å². The van der Waals surface area contributed by atoms with E-state index in [0.29, 0.717) is 12.2 Å². The Hall–Kier alpha value is -0.0800. The maximum absolute atomic E-state index is 6.00. The molecule has 14 heavy (non-hydrogen) atoms. The van der Waals surface area contributed by atoms with Crippen molar-refractivity contribution >= 4 is 0 Å². The van der Waals surface area contributed by atoms with E-state index in [9.17, 15) is 0 Å². The molecule has 0 aromatic rings. The summed E-state index contributed by atoms with van der Waals surface area (Å²) in [6.07, 6.45) is 6.46. The van der Waals surface area contributed by atoms with E-state index in [1.807, 2.05) is 0 Å². The Morgan fingerprint density at radius 3 is 2.36 bits per heavy atom. The van der Waals surface area contributed by atoms with Crippen LogP contribution in [-0.2, 0) is 4.74 Å². The maximum Gasteiger partial charge on any atom is 0.0731 e. The van der Waals surface area contributed by atoms with Crippen molar-refractivity contribution in [1.29, 1.82) is 0 Å². The van der Waals surface area contributed by atoms with Crippen molar-refractivity contribution in [2.45, 2.75) is 51.7 Å². The minimum Gasteiger partial charge on any atom is -0.372 e. The summed E-state index contributed by atoms with van der Waals surface area (Å²) in [7, 11) is 0. The normalized spacial score (nSPS) is 45.0. The van der Waals surface area contributed by atoms with Gasteiger partial charge in [0, 0.05) is 13.1 Å². The number of rotatable bonds is 1. The van der Waals surface area contributed by atoms with Crippen LogP contribution in [0, 0.1) is 11.8 Å². The quantitative estimate of drug-likeness (QED) is 0.696. The molecule has 0 spiro atoms. The molecular formula is C12H23NO. The molecule has 0 aromatic carbocycles. The van der Waals surface area contributed by atoms with Gasteiger partial charge in [0.05, 0.1) is 12.2 Å². The van der Waals surface area contributed by atoms with Gasteiger partial charge in [-0.15, -0.1) is 0 Å². The average molecular weight is 197 g/mol. The molecule has 2 aliphatic rings. The molecule has 2 nitrogen and oxygen atoms in total. The molecule has 2 fully saturated rings. The topological polar surface area (TPSA) is 21.3 Å². The van der Waals surface area contributed by atoms with Gasteiger partial charge in [0.2, 0.25) is 0 Å². The zero-order valence-corrected chi connectivity index (χ0v) is 9.46. The summed E-state index contributed by atoms with van der Waals surface area (Å²) >= 11 is 0. The molecule has 1 aliphatic carbocycles. The Balaban J connectivity index is 1.82. The van der Waals surface area contributed by atoms with Crippen molar-refractivity contribution < 1.29 is 4.74 Å². The third-order valence-corrected chi connectivity index (χ3v) is 3.77. The Bertz CT molecular complexity index is 175. The molecule has 82 valence electrons. The molecule has 0 radical (unpaired) electrons. The van der Waals surface area contributed by atoms with E-state index >= 15 is 0 Å². The van der Waals surface area contributed by atoms with E-state index < -0.39 is 0 Å². The number of hydrogen-bond acceptors (Lipinski definition) is 2. The number of hydrogen-bond donors (Lipinski definition) is 1. The minimum atomic E-state index is 0.410. The van der Waals surface area contributed by atoms with E-state index in [2.05, 4.69) is 19.2 Å². The van der Waals surface area contributed by atoms with Gasteiger partial charge < -0.3 is 10.1 Å². The first kappa shape index (κ1) is 10.4. The Morgan fingerprint density at radius 2 is 1.71 bits per heavy atom. The number of ether oxygens (including phenoxy) is 1. The first-order valence-corrected chi connectivity index (χ1v) is 6.12. The summed E-state index contributed by atoms with van der Waals surface area (Å²) in [5, 5.41) is 3.47. The standard InChI is InChI=1S/C12H23NO/c1-9-3-5-11(6-4-9)12-8-13-7-10(2)14-12/h9-13H,3-8H2,1-2H3. The van der Waals surface area contributed by atoms with Crippen molar-refractivity contribution in [2.75, 3.05) is 13.1 Å². The summed E-state index contributed by atoms with van der Waals surface area (Å²) in [5.74, 6) is 1.77. The van der Waals surface area contributed by atoms with Crippen LogP contribution in [0.4, 0.5) is 0 Å². The monoisotopic (exact) mass is 197 g/mol. The highest BCUT2D eigenvalue weighted by atomic mass is 16.5. The lowest BCUT2D eigenvalue weighted by molar-refractivity contribution is -0.0662. The first-order valence-electron chi connectivity index (χ1n) is 6.12. The van der Waals surface area contributed by atoms with Gasteiger partial charge in [-0.25, -0.2) is 0 Å². The summed E-state index contributed by atoms with van der Waals surface area (Å²) in [6, 6.07) is 0. The highest BCUT2D eigenvalue weighted by Gasteiger charge is 2.29. The third-order valence-electron chi connectivity index (χ3n) is 3.77. The van der Waals surface area contributed by atoms with Crippen molar-refractivity contribution in [3.8, 4) is 0 Å².